The number of thioether (sulfide) groups is 1. The van der Waals surface area contributed by atoms with Crippen molar-refractivity contribution in [1.82, 2.24) is 14.9 Å². The smallest absolute Gasteiger partial charge is 0.269 e. The molecule has 0 radical (unpaired) electrons. The molecule has 3 aliphatic rings. The molecule has 0 saturated carbocycles. The summed E-state index contributed by atoms with van der Waals surface area (Å²) in [5.41, 5.74) is 3.44. The Morgan fingerprint density at radius 2 is 2.11 bits per heavy atom. The third-order valence-electron chi connectivity index (χ3n) is 7.15. The predicted octanol–water partition coefficient (Wildman–Crippen LogP) is 5.48. The molecule has 1 atom stereocenters. The Labute approximate surface area is 213 Å². The van der Waals surface area contributed by atoms with E-state index in [2.05, 4.69) is 48.9 Å². The van der Waals surface area contributed by atoms with Crippen LogP contribution in [-0.2, 0) is 13.0 Å². The van der Waals surface area contributed by atoms with E-state index in [9.17, 15) is 10.1 Å². The number of nitrogens with one attached hydrogen (secondary N) is 1. The molecular formula is C28H37N5OS. The number of nitriles is 1. The first-order valence-electron chi connectivity index (χ1n) is 13.0. The first-order chi connectivity index (χ1) is 17.0. The van der Waals surface area contributed by atoms with Crippen LogP contribution in [0.1, 0.15) is 64.5 Å². The van der Waals surface area contributed by atoms with E-state index in [1.54, 1.807) is 0 Å². The van der Waals surface area contributed by atoms with Crippen molar-refractivity contribution >= 4 is 17.7 Å². The lowest BCUT2D eigenvalue weighted by atomic mass is 10.1. The highest BCUT2D eigenvalue weighted by molar-refractivity contribution is 8.03. The van der Waals surface area contributed by atoms with Crippen LogP contribution < -0.4 is 15.8 Å². The Hall–Kier alpha value is -2.72. The largest absolute Gasteiger partial charge is 0.384 e. The second kappa shape index (κ2) is 11.8. The van der Waals surface area contributed by atoms with Gasteiger partial charge in [-0.05, 0) is 56.1 Å². The number of rotatable bonds is 8. The first kappa shape index (κ1) is 25.4. The van der Waals surface area contributed by atoms with E-state index in [1.807, 2.05) is 10.6 Å². The highest BCUT2D eigenvalue weighted by atomic mass is 32.2. The first-order valence-corrected chi connectivity index (χ1v) is 13.8. The molecule has 1 unspecified atom stereocenters. The van der Waals surface area contributed by atoms with E-state index >= 15 is 0 Å². The number of hydrogen-bond acceptors (Lipinski definition) is 6. The maximum absolute atomic E-state index is 14.0. The van der Waals surface area contributed by atoms with E-state index in [-0.39, 0.29) is 5.56 Å². The summed E-state index contributed by atoms with van der Waals surface area (Å²) in [6.45, 7) is 11.8. The molecule has 1 saturated heterocycles. The molecule has 7 heteroatoms. The summed E-state index contributed by atoms with van der Waals surface area (Å²) in [6.07, 6.45) is 14.1. The van der Waals surface area contributed by atoms with Gasteiger partial charge in [0, 0.05) is 36.7 Å². The maximum Gasteiger partial charge on any atom is 0.269 e. The monoisotopic (exact) mass is 491 g/mol. The van der Waals surface area contributed by atoms with Crippen molar-refractivity contribution in [2.75, 3.05) is 24.5 Å². The minimum Gasteiger partial charge on any atom is -0.384 e. The quantitative estimate of drug-likeness (QED) is 0.519. The molecule has 0 bridgehead atoms. The van der Waals surface area contributed by atoms with Crippen LogP contribution in [0.5, 0.6) is 0 Å². The number of anilines is 1. The number of fused-ring (bicyclic) bond motifs is 1. The fraction of sp³-hybridized carbons (Fsp3) is 0.536. The van der Waals surface area contributed by atoms with Crippen LogP contribution in [0.25, 0.3) is 0 Å². The van der Waals surface area contributed by atoms with Gasteiger partial charge >= 0.3 is 0 Å². The van der Waals surface area contributed by atoms with Gasteiger partial charge in [-0.3, -0.25) is 9.36 Å². The van der Waals surface area contributed by atoms with Crippen molar-refractivity contribution in [2.24, 2.45) is 5.92 Å². The summed E-state index contributed by atoms with van der Waals surface area (Å²) in [5.74, 6) is 1.33. The van der Waals surface area contributed by atoms with Gasteiger partial charge in [-0.1, -0.05) is 50.8 Å². The number of allylic oxidation sites excluding steroid dienone is 5. The van der Waals surface area contributed by atoms with E-state index in [0.29, 0.717) is 29.4 Å². The normalized spacial score (nSPS) is 18.9. The Balaban J connectivity index is 1.69. The van der Waals surface area contributed by atoms with Crippen molar-refractivity contribution in [3.8, 4) is 6.07 Å². The van der Waals surface area contributed by atoms with Gasteiger partial charge in [0.15, 0.2) is 0 Å². The lowest BCUT2D eigenvalue weighted by Gasteiger charge is -2.31. The predicted molar refractivity (Wildman–Crippen MR) is 144 cm³/mol. The molecule has 1 aliphatic carbocycles. The van der Waals surface area contributed by atoms with Crippen molar-refractivity contribution in [1.29, 1.82) is 5.26 Å². The Morgan fingerprint density at radius 1 is 1.31 bits per heavy atom. The number of aromatic nitrogens is 2. The van der Waals surface area contributed by atoms with Gasteiger partial charge < -0.3 is 10.2 Å². The Kier molecular flexibility index (Phi) is 8.56. The average Bonchev–Trinajstić information content (AvgIpc) is 3.13. The standard InChI is InChI=1S/C28H37N5OS/c1-4-20(2)18-30-21(3)25-14-13-24-26(35-25)27(34)33(28(31-24)32-15-9-6-10-16-32)19-23-12-8-5-7-11-22(23)17-29/h7,11,14,20,30H,3-6,8-10,12-13,15-16,18-19H2,1-2H3. The molecule has 1 aromatic heterocycles. The third kappa shape index (κ3) is 5.92. The van der Waals surface area contributed by atoms with E-state index < -0.39 is 0 Å². The summed E-state index contributed by atoms with van der Waals surface area (Å²) in [4.78, 5) is 23.0. The Morgan fingerprint density at radius 3 is 2.86 bits per heavy atom. The van der Waals surface area contributed by atoms with E-state index in [4.69, 9.17) is 4.98 Å². The molecular weight excluding hydrogens is 454 g/mol. The molecule has 6 nitrogen and oxygen atoms in total. The molecule has 0 spiro atoms. The van der Waals surface area contributed by atoms with Crippen LogP contribution in [-0.4, -0.2) is 29.2 Å². The summed E-state index contributed by atoms with van der Waals surface area (Å²) in [5, 5.41) is 13.2. The highest BCUT2D eigenvalue weighted by Gasteiger charge is 2.26. The fourth-order valence-corrected chi connectivity index (χ4v) is 5.73. The summed E-state index contributed by atoms with van der Waals surface area (Å²) >= 11 is 1.48. The molecule has 4 rings (SSSR count). The topological polar surface area (TPSA) is 74.0 Å². The number of piperidine rings is 1. The third-order valence-corrected chi connectivity index (χ3v) is 8.40. The summed E-state index contributed by atoms with van der Waals surface area (Å²) < 4.78 is 1.83. The maximum atomic E-state index is 14.0. The second-order valence-electron chi connectivity index (χ2n) is 9.80. The minimum absolute atomic E-state index is 0.00100. The zero-order chi connectivity index (χ0) is 24.8. The van der Waals surface area contributed by atoms with Gasteiger partial charge in [0.2, 0.25) is 5.95 Å². The average molecular weight is 492 g/mol. The van der Waals surface area contributed by atoms with Gasteiger partial charge in [0.05, 0.1) is 28.8 Å². The van der Waals surface area contributed by atoms with Crippen LogP contribution in [0.3, 0.4) is 0 Å². The van der Waals surface area contributed by atoms with Gasteiger partial charge in [-0.15, -0.1) is 0 Å². The molecule has 2 aliphatic heterocycles. The highest BCUT2D eigenvalue weighted by Crippen LogP contribution is 2.36. The van der Waals surface area contributed by atoms with Gasteiger partial charge in [-0.25, -0.2) is 4.98 Å². The molecule has 0 aromatic carbocycles. The van der Waals surface area contributed by atoms with E-state index in [1.165, 1.54) is 18.2 Å². The van der Waals surface area contributed by atoms with Crippen molar-refractivity contribution in [3.05, 3.63) is 62.6 Å². The molecule has 1 fully saturated rings. The molecule has 35 heavy (non-hydrogen) atoms. The summed E-state index contributed by atoms with van der Waals surface area (Å²) in [7, 11) is 0. The van der Waals surface area contributed by atoms with Crippen LogP contribution in [0.15, 0.2) is 56.2 Å². The minimum atomic E-state index is -0.00100. The van der Waals surface area contributed by atoms with Crippen LogP contribution in [0.2, 0.25) is 0 Å². The summed E-state index contributed by atoms with van der Waals surface area (Å²) in [6, 6.07) is 2.35. The number of nitrogens with zero attached hydrogens (tertiary/aromatic N) is 4. The van der Waals surface area contributed by atoms with Crippen LogP contribution in [0.4, 0.5) is 5.95 Å². The van der Waals surface area contributed by atoms with Gasteiger partial charge in [0.1, 0.15) is 0 Å². The fourth-order valence-electron chi connectivity index (χ4n) is 4.70. The van der Waals surface area contributed by atoms with Crippen molar-refractivity contribution in [2.45, 2.75) is 76.7 Å². The van der Waals surface area contributed by atoms with Crippen LogP contribution in [0, 0.1) is 17.2 Å². The molecule has 1 N–H and O–H groups in total. The SMILES string of the molecule is C=C(NCC(C)CC)C1=CCc2nc(N3CCCCC3)n(CC3=C(C#N)C=CCCC3)c(=O)c2S1. The van der Waals surface area contributed by atoms with Crippen LogP contribution >= 0.6 is 11.8 Å². The molecule has 0 amide bonds. The van der Waals surface area contributed by atoms with Gasteiger partial charge in [-0.2, -0.15) is 5.26 Å². The molecule has 1 aromatic rings. The number of hydrogen-bond donors (Lipinski definition) is 1. The zero-order valence-electron chi connectivity index (χ0n) is 21.1. The lowest BCUT2D eigenvalue weighted by Crippen LogP contribution is -2.38. The molecule has 3 heterocycles. The van der Waals surface area contributed by atoms with Gasteiger partial charge in [0.25, 0.3) is 5.56 Å². The van der Waals surface area contributed by atoms with Crippen molar-refractivity contribution < 1.29 is 0 Å². The lowest BCUT2D eigenvalue weighted by molar-refractivity contribution is 0.533. The second-order valence-corrected chi connectivity index (χ2v) is 10.8. The Bertz CT molecular complexity index is 1150. The van der Waals surface area contributed by atoms with E-state index in [0.717, 1.165) is 86.0 Å². The zero-order valence-corrected chi connectivity index (χ0v) is 21.9. The van der Waals surface area contributed by atoms with Crippen molar-refractivity contribution in [3.63, 3.8) is 0 Å². The molecule has 186 valence electrons.